The normalized spacial score (nSPS) is 19.1. The van der Waals surface area contributed by atoms with E-state index in [-0.39, 0.29) is 0 Å². The molecule has 0 spiro atoms. The number of nitrogens with zero attached hydrogens (tertiary/aromatic N) is 2. The number of halogens is 1. The van der Waals surface area contributed by atoms with Crippen LogP contribution in [0.1, 0.15) is 30.1 Å². The van der Waals surface area contributed by atoms with Crippen molar-refractivity contribution in [3.63, 3.8) is 0 Å². The summed E-state index contributed by atoms with van der Waals surface area (Å²) in [6.07, 6.45) is 4.63. The molecule has 3 nitrogen and oxygen atoms in total. The van der Waals surface area contributed by atoms with Crippen LogP contribution < -0.4 is 4.74 Å². The quantitative estimate of drug-likeness (QED) is 0.826. The van der Waals surface area contributed by atoms with E-state index >= 15 is 0 Å². The Morgan fingerprint density at radius 2 is 2.19 bits per heavy atom. The smallest absolute Gasteiger partial charge is 0.119 e. The lowest BCUT2D eigenvalue weighted by molar-refractivity contribution is 0.240. The van der Waals surface area contributed by atoms with Crippen molar-refractivity contribution in [2.24, 2.45) is 7.05 Å². The van der Waals surface area contributed by atoms with Crippen LogP contribution in [-0.2, 0) is 13.6 Å². The summed E-state index contributed by atoms with van der Waals surface area (Å²) in [7, 11) is 3.85. The maximum Gasteiger partial charge on any atom is 0.119 e. The van der Waals surface area contributed by atoms with Crippen LogP contribution in [0.15, 0.2) is 41.0 Å². The zero-order valence-electron chi connectivity index (χ0n) is 12.6. The molecule has 112 valence electrons. The largest absolute Gasteiger partial charge is 0.497 e. The minimum atomic E-state index is 0.517. The highest BCUT2D eigenvalue weighted by Gasteiger charge is 2.27. The van der Waals surface area contributed by atoms with E-state index in [0.29, 0.717) is 6.04 Å². The summed E-state index contributed by atoms with van der Waals surface area (Å²) >= 11 is 3.66. The average molecular weight is 349 g/mol. The SMILES string of the molecule is COc1ccc(Br)c(CN2CCCC2c2cccn2C)c1. The van der Waals surface area contributed by atoms with E-state index in [0.717, 1.165) is 23.3 Å². The summed E-state index contributed by atoms with van der Waals surface area (Å²) < 4.78 is 8.74. The van der Waals surface area contributed by atoms with Crippen LogP contribution in [0.2, 0.25) is 0 Å². The van der Waals surface area contributed by atoms with E-state index in [9.17, 15) is 0 Å². The van der Waals surface area contributed by atoms with Gasteiger partial charge in [-0.3, -0.25) is 4.90 Å². The predicted octanol–water partition coefficient (Wildman–Crippen LogP) is 4.13. The Kier molecular flexibility index (Phi) is 4.36. The van der Waals surface area contributed by atoms with Gasteiger partial charge in [-0.05, 0) is 55.3 Å². The Labute approximate surface area is 134 Å². The van der Waals surface area contributed by atoms with Gasteiger partial charge in [0, 0.05) is 30.0 Å². The topological polar surface area (TPSA) is 17.4 Å². The first-order valence-electron chi connectivity index (χ1n) is 7.36. The summed E-state index contributed by atoms with van der Waals surface area (Å²) in [5, 5.41) is 0. The molecule has 0 saturated carbocycles. The van der Waals surface area contributed by atoms with Gasteiger partial charge in [0.15, 0.2) is 0 Å². The highest BCUT2D eigenvalue weighted by Crippen LogP contribution is 2.34. The number of hydrogen-bond donors (Lipinski definition) is 0. The average Bonchev–Trinajstić information content (AvgIpc) is 3.09. The van der Waals surface area contributed by atoms with Gasteiger partial charge in [-0.2, -0.15) is 0 Å². The molecule has 1 aromatic carbocycles. The van der Waals surface area contributed by atoms with Gasteiger partial charge in [-0.1, -0.05) is 15.9 Å². The van der Waals surface area contributed by atoms with E-state index < -0.39 is 0 Å². The van der Waals surface area contributed by atoms with Gasteiger partial charge in [0.1, 0.15) is 5.75 Å². The molecule has 1 aliphatic rings. The van der Waals surface area contributed by atoms with Crippen LogP contribution in [0.4, 0.5) is 0 Å². The Morgan fingerprint density at radius 1 is 1.33 bits per heavy atom. The Morgan fingerprint density at radius 3 is 2.90 bits per heavy atom. The summed E-state index contributed by atoms with van der Waals surface area (Å²) in [6.45, 7) is 2.10. The standard InChI is InChI=1S/C17H21BrN2O/c1-19-9-3-5-16(19)17-6-4-10-20(17)12-13-11-14(21-2)7-8-15(13)18/h3,5,7-9,11,17H,4,6,10,12H2,1-2H3. The lowest BCUT2D eigenvalue weighted by Crippen LogP contribution is -2.24. The molecule has 0 radical (unpaired) electrons. The number of rotatable bonds is 4. The molecule has 21 heavy (non-hydrogen) atoms. The molecule has 1 aromatic heterocycles. The van der Waals surface area contributed by atoms with Crippen LogP contribution in [0.3, 0.4) is 0 Å². The molecule has 1 saturated heterocycles. The number of aryl methyl sites for hydroxylation is 1. The third-order valence-electron chi connectivity index (χ3n) is 4.32. The summed E-state index contributed by atoms with van der Waals surface area (Å²) in [6, 6.07) is 11.1. The van der Waals surface area contributed by atoms with Crippen molar-refractivity contribution in [3.8, 4) is 5.75 Å². The first-order chi connectivity index (χ1) is 10.2. The van der Waals surface area contributed by atoms with Gasteiger partial charge >= 0.3 is 0 Å². The number of aromatic nitrogens is 1. The van der Waals surface area contributed by atoms with Gasteiger partial charge in [-0.15, -0.1) is 0 Å². The van der Waals surface area contributed by atoms with E-state index in [2.05, 4.69) is 62.9 Å². The molecule has 0 amide bonds. The number of likely N-dealkylation sites (tertiary alicyclic amines) is 1. The zero-order valence-corrected chi connectivity index (χ0v) is 14.1. The summed E-state index contributed by atoms with van der Waals surface area (Å²) in [5.41, 5.74) is 2.70. The molecule has 2 aromatic rings. The third-order valence-corrected chi connectivity index (χ3v) is 5.09. The molecular weight excluding hydrogens is 328 g/mol. The maximum atomic E-state index is 5.35. The van der Waals surface area contributed by atoms with Crippen LogP contribution >= 0.6 is 15.9 Å². The summed E-state index contributed by atoms with van der Waals surface area (Å²) in [4.78, 5) is 2.56. The molecule has 1 atom stereocenters. The first kappa shape index (κ1) is 14.7. The molecule has 2 heterocycles. The highest BCUT2D eigenvalue weighted by atomic mass is 79.9. The van der Waals surface area contributed by atoms with Crippen molar-refractivity contribution in [2.75, 3.05) is 13.7 Å². The monoisotopic (exact) mass is 348 g/mol. The van der Waals surface area contributed by atoms with Gasteiger partial charge in [0.25, 0.3) is 0 Å². The lowest BCUT2D eigenvalue weighted by Gasteiger charge is -2.25. The molecule has 0 bridgehead atoms. The summed E-state index contributed by atoms with van der Waals surface area (Å²) in [5.74, 6) is 0.919. The fraction of sp³-hybridized carbons (Fsp3) is 0.412. The predicted molar refractivity (Wildman–Crippen MR) is 88.5 cm³/mol. The Bertz CT molecular complexity index is 623. The van der Waals surface area contributed by atoms with Gasteiger partial charge in [-0.25, -0.2) is 0 Å². The second kappa shape index (κ2) is 6.24. The molecule has 1 unspecified atom stereocenters. The second-order valence-corrected chi connectivity index (χ2v) is 6.48. The molecule has 0 aliphatic carbocycles. The van der Waals surface area contributed by atoms with Crippen LogP contribution in [-0.4, -0.2) is 23.1 Å². The molecular formula is C17H21BrN2O. The van der Waals surface area contributed by atoms with Crippen molar-refractivity contribution in [1.29, 1.82) is 0 Å². The lowest BCUT2D eigenvalue weighted by atomic mass is 10.1. The third kappa shape index (κ3) is 3.01. The molecule has 3 rings (SSSR count). The van der Waals surface area contributed by atoms with Gasteiger partial charge < -0.3 is 9.30 Å². The van der Waals surface area contributed by atoms with Gasteiger partial charge in [0.05, 0.1) is 13.2 Å². The van der Waals surface area contributed by atoms with Crippen molar-refractivity contribution < 1.29 is 4.74 Å². The molecule has 0 N–H and O–H groups in total. The minimum Gasteiger partial charge on any atom is -0.497 e. The molecule has 4 heteroatoms. The van der Waals surface area contributed by atoms with Crippen LogP contribution in [0.25, 0.3) is 0 Å². The van der Waals surface area contributed by atoms with E-state index in [4.69, 9.17) is 4.74 Å². The van der Waals surface area contributed by atoms with E-state index in [1.807, 2.05) is 6.07 Å². The zero-order chi connectivity index (χ0) is 14.8. The van der Waals surface area contributed by atoms with Crippen molar-refractivity contribution in [1.82, 2.24) is 9.47 Å². The fourth-order valence-electron chi connectivity index (χ4n) is 3.19. The number of benzene rings is 1. The number of ether oxygens (including phenoxy) is 1. The van der Waals surface area contributed by atoms with Crippen molar-refractivity contribution >= 4 is 15.9 Å². The minimum absolute atomic E-state index is 0.517. The Balaban J connectivity index is 1.82. The van der Waals surface area contributed by atoms with E-state index in [1.54, 1.807) is 7.11 Å². The highest BCUT2D eigenvalue weighted by molar-refractivity contribution is 9.10. The molecule has 1 fully saturated rings. The Hall–Kier alpha value is -1.26. The van der Waals surface area contributed by atoms with Crippen LogP contribution in [0.5, 0.6) is 5.75 Å². The van der Waals surface area contributed by atoms with Crippen LogP contribution in [0, 0.1) is 0 Å². The van der Waals surface area contributed by atoms with E-state index in [1.165, 1.54) is 24.1 Å². The number of hydrogen-bond acceptors (Lipinski definition) is 2. The maximum absolute atomic E-state index is 5.35. The first-order valence-corrected chi connectivity index (χ1v) is 8.16. The van der Waals surface area contributed by atoms with Crippen molar-refractivity contribution in [2.45, 2.75) is 25.4 Å². The molecule has 1 aliphatic heterocycles. The van der Waals surface area contributed by atoms with Crippen molar-refractivity contribution in [3.05, 3.63) is 52.3 Å². The second-order valence-electron chi connectivity index (χ2n) is 5.63. The van der Waals surface area contributed by atoms with Gasteiger partial charge in [0.2, 0.25) is 0 Å². The number of methoxy groups -OCH3 is 1. The fourth-order valence-corrected chi connectivity index (χ4v) is 3.56.